The molecule has 2 aromatic rings. The number of rotatable bonds is 2. The zero-order valence-corrected chi connectivity index (χ0v) is 13.2. The van der Waals surface area contributed by atoms with Gasteiger partial charge in [0.25, 0.3) is 0 Å². The molecule has 0 saturated carbocycles. The van der Waals surface area contributed by atoms with Gasteiger partial charge in [-0.05, 0) is 62.9 Å². The molecule has 0 spiro atoms. The van der Waals surface area contributed by atoms with Crippen LogP contribution < -0.4 is 0 Å². The maximum atomic E-state index is 6.72. The molecule has 0 nitrogen and oxygen atoms in total. The zero-order valence-electron chi connectivity index (χ0n) is 11.6. The molecule has 0 radical (unpaired) electrons. The summed E-state index contributed by atoms with van der Waals surface area (Å²) in [6, 6.07) is 6.65. The Kier molecular flexibility index (Phi) is 3.84. The third-order valence-electron chi connectivity index (χ3n) is 3.30. The predicted octanol–water partition coefficient (Wildman–Crippen LogP) is 5.62. The van der Waals surface area contributed by atoms with E-state index < -0.39 is 0 Å². The van der Waals surface area contributed by atoms with Crippen LogP contribution in [0.2, 0.25) is 0 Å². The van der Waals surface area contributed by atoms with E-state index in [1.807, 2.05) is 0 Å². The molecule has 1 atom stereocenters. The van der Waals surface area contributed by atoms with Gasteiger partial charge in [0.15, 0.2) is 0 Å². The summed E-state index contributed by atoms with van der Waals surface area (Å²) in [5.74, 6) is 0. The Labute approximate surface area is 119 Å². The number of hydrogen-bond acceptors (Lipinski definition) is 1. The second kappa shape index (κ2) is 5.07. The number of thiophene rings is 1. The maximum Gasteiger partial charge on any atom is 0.0935 e. The van der Waals surface area contributed by atoms with Gasteiger partial charge in [0.1, 0.15) is 0 Å². The average molecular weight is 279 g/mol. The molecule has 1 heterocycles. The minimum absolute atomic E-state index is 0.0238. The lowest BCUT2D eigenvalue weighted by molar-refractivity contribution is 1.09. The summed E-state index contributed by atoms with van der Waals surface area (Å²) in [4.78, 5) is 2.61. The minimum Gasteiger partial charge on any atom is -0.143 e. The van der Waals surface area contributed by atoms with Crippen LogP contribution in [0.1, 0.15) is 42.9 Å². The lowest BCUT2D eigenvalue weighted by Gasteiger charge is -2.16. The highest BCUT2D eigenvalue weighted by Crippen LogP contribution is 2.39. The number of aryl methyl sites for hydroxylation is 5. The Bertz CT molecular complexity index is 558. The lowest BCUT2D eigenvalue weighted by atomic mass is 9.96. The Morgan fingerprint density at radius 1 is 0.889 bits per heavy atom. The first kappa shape index (κ1) is 13.6. The van der Waals surface area contributed by atoms with Gasteiger partial charge in [0.2, 0.25) is 0 Å². The quantitative estimate of drug-likeness (QED) is 0.626. The average Bonchev–Trinajstić information content (AvgIpc) is 2.56. The van der Waals surface area contributed by atoms with Gasteiger partial charge in [0.05, 0.1) is 5.38 Å². The molecule has 0 aliphatic heterocycles. The normalized spacial score (nSPS) is 12.8. The maximum absolute atomic E-state index is 6.72. The van der Waals surface area contributed by atoms with Crippen LogP contribution in [0.25, 0.3) is 0 Å². The van der Waals surface area contributed by atoms with Crippen molar-refractivity contribution in [2.45, 2.75) is 40.0 Å². The van der Waals surface area contributed by atoms with E-state index in [1.165, 1.54) is 37.6 Å². The van der Waals surface area contributed by atoms with Gasteiger partial charge in [-0.15, -0.1) is 22.9 Å². The molecule has 96 valence electrons. The van der Waals surface area contributed by atoms with Crippen molar-refractivity contribution >= 4 is 22.9 Å². The summed E-state index contributed by atoms with van der Waals surface area (Å²) in [5, 5.41) is -0.0238. The number of alkyl halides is 1. The number of halogens is 1. The summed E-state index contributed by atoms with van der Waals surface area (Å²) in [7, 11) is 0. The van der Waals surface area contributed by atoms with Crippen molar-refractivity contribution < 1.29 is 0 Å². The summed E-state index contributed by atoms with van der Waals surface area (Å²) >= 11 is 8.53. The number of hydrogen-bond donors (Lipinski definition) is 0. The van der Waals surface area contributed by atoms with Crippen molar-refractivity contribution in [1.82, 2.24) is 0 Å². The van der Waals surface area contributed by atoms with Gasteiger partial charge in [0, 0.05) is 9.75 Å². The van der Waals surface area contributed by atoms with Crippen molar-refractivity contribution in [2.24, 2.45) is 0 Å². The molecule has 2 heteroatoms. The molecule has 0 amide bonds. The Hall–Kier alpha value is -0.790. The lowest BCUT2D eigenvalue weighted by Crippen LogP contribution is -2.00. The van der Waals surface area contributed by atoms with Crippen LogP contribution >= 0.6 is 22.9 Å². The van der Waals surface area contributed by atoms with E-state index in [-0.39, 0.29) is 5.38 Å². The smallest absolute Gasteiger partial charge is 0.0935 e. The topological polar surface area (TPSA) is 0 Å². The molecule has 1 aromatic heterocycles. The van der Waals surface area contributed by atoms with Crippen LogP contribution in [0.4, 0.5) is 0 Å². The van der Waals surface area contributed by atoms with Gasteiger partial charge in [-0.25, -0.2) is 0 Å². The van der Waals surface area contributed by atoms with Crippen molar-refractivity contribution in [3.63, 3.8) is 0 Å². The van der Waals surface area contributed by atoms with Crippen LogP contribution in [-0.4, -0.2) is 0 Å². The monoisotopic (exact) mass is 278 g/mol. The Morgan fingerprint density at radius 3 is 1.89 bits per heavy atom. The SMILES string of the molecule is Cc1cc(C)c(C(Cl)c2sc(C)cc2C)c(C)c1. The number of benzene rings is 1. The predicted molar refractivity (Wildman–Crippen MR) is 82.1 cm³/mol. The molecule has 1 unspecified atom stereocenters. The molecule has 2 rings (SSSR count). The fourth-order valence-corrected chi connectivity index (χ4v) is 4.31. The molecule has 0 aliphatic rings. The second-order valence-electron chi connectivity index (χ2n) is 5.08. The van der Waals surface area contributed by atoms with Gasteiger partial charge < -0.3 is 0 Å². The molecule has 18 heavy (non-hydrogen) atoms. The van der Waals surface area contributed by atoms with Crippen LogP contribution in [0.5, 0.6) is 0 Å². The van der Waals surface area contributed by atoms with E-state index in [0.29, 0.717) is 0 Å². The van der Waals surface area contributed by atoms with Crippen LogP contribution in [0.15, 0.2) is 18.2 Å². The van der Waals surface area contributed by atoms with Gasteiger partial charge in [-0.3, -0.25) is 0 Å². The van der Waals surface area contributed by atoms with E-state index in [0.717, 1.165) is 0 Å². The highest BCUT2D eigenvalue weighted by Gasteiger charge is 2.19. The van der Waals surface area contributed by atoms with Crippen LogP contribution in [0, 0.1) is 34.6 Å². The zero-order chi connectivity index (χ0) is 13.4. The summed E-state index contributed by atoms with van der Waals surface area (Å²) < 4.78 is 0. The van der Waals surface area contributed by atoms with Crippen LogP contribution in [-0.2, 0) is 0 Å². The summed E-state index contributed by atoms with van der Waals surface area (Å²) in [5.41, 5.74) is 6.46. The van der Waals surface area contributed by atoms with Crippen molar-refractivity contribution in [3.8, 4) is 0 Å². The molecular weight excluding hydrogens is 260 g/mol. The summed E-state index contributed by atoms with van der Waals surface area (Å²) in [6.07, 6.45) is 0. The van der Waals surface area contributed by atoms with Gasteiger partial charge >= 0.3 is 0 Å². The third-order valence-corrected chi connectivity index (χ3v) is 5.08. The summed E-state index contributed by atoms with van der Waals surface area (Å²) in [6.45, 7) is 10.7. The largest absolute Gasteiger partial charge is 0.143 e. The minimum atomic E-state index is -0.0238. The van der Waals surface area contributed by atoms with Crippen LogP contribution in [0.3, 0.4) is 0 Å². The van der Waals surface area contributed by atoms with Crippen molar-refractivity contribution in [3.05, 3.63) is 55.8 Å². The first-order valence-corrected chi connectivity index (χ1v) is 7.44. The second-order valence-corrected chi connectivity index (χ2v) is 6.80. The Balaban J connectivity index is 2.52. The molecule has 0 saturated heterocycles. The van der Waals surface area contributed by atoms with E-state index in [4.69, 9.17) is 11.6 Å². The van der Waals surface area contributed by atoms with Crippen molar-refractivity contribution in [1.29, 1.82) is 0 Å². The highest BCUT2D eigenvalue weighted by molar-refractivity contribution is 7.12. The fraction of sp³-hybridized carbons (Fsp3) is 0.375. The highest BCUT2D eigenvalue weighted by atomic mass is 35.5. The van der Waals surface area contributed by atoms with E-state index >= 15 is 0 Å². The first-order chi connectivity index (χ1) is 8.40. The molecule has 0 aliphatic carbocycles. The molecule has 0 bridgehead atoms. The van der Waals surface area contributed by atoms with E-state index in [9.17, 15) is 0 Å². The van der Waals surface area contributed by atoms with Gasteiger partial charge in [-0.2, -0.15) is 0 Å². The fourth-order valence-electron chi connectivity index (χ4n) is 2.63. The van der Waals surface area contributed by atoms with Crippen molar-refractivity contribution in [2.75, 3.05) is 0 Å². The molecule has 0 N–H and O–H groups in total. The molecule has 0 fully saturated rings. The standard InChI is InChI=1S/C16H19ClS/c1-9-6-10(2)14(11(3)7-9)15(17)16-12(4)8-13(5)18-16/h6-8,15H,1-5H3. The molecular formula is C16H19ClS. The Morgan fingerprint density at radius 2 is 1.44 bits per heavy atom. The van der Waals surface area contributed by atoms with E-state index in [2.05, 4.69) is 52.8 Å². The first-order valence-electron chi connectivity index (χ1n) is 6.19. The van der Waals surface area contributed by atoms with E-state index in [1.54, 1.807) is 11.3 Å². The van der Waals surface area contributed by atoms with Gasteiger partial charge in [-0.1, -0.05) is 17.7 Å². The third kappa shape index (κ3) is 2.48. The molecule has 1 aromatic carbocycles.